The van der Waals surface area contributed by atoms with E-state index in [0.717, 1.165) is 16.7 Å². The number of esters is 3. The van der Waals surface area contributed by atoms with Gasteiger partial charge in [-0.15, -0.1) is 0 Å². The summed E-state index contributed by atoms with van der Waals surface area (Å²) in [7, 11) is 2.38. The Hall–Kier alpha value is -2.94. The number of hydrogen-bond acceptors (Lipinski definition) is 9. The maximum absolute atomic E-state index is 14.3. The maximum atomic E-state index is 14.3. The van der Waals surface area contributed by atoms with Crippen LogP contribution in [0.3, 0.4) is 0 Å². The van der Waals surface area contributed by atoms with Crippen molar-refractivity contribution in [2.75, 3.05) is 14.2 Å². The van der Waals surface area contributed by atoms with Crippen LogP contribution in [-0.2, 0) is 33.4 Å². The van der Waals surface area contributed by atoms with Gasteiger partial charge in [0, 0.05) is 22.3 Å². The molecule has 9 nitrogen and oxygen atoms in total. The number of furan rings is 1. The number of cyclic esters (lactones) is 1. The van der Waals surface area contributed by atoms with Gasteiger partial charge in [-0.1, -0.05) is 33.3 Å². The number of ether oxygens (including phenoxy) is 3. The van der Waals surface area contributed by atoms with E-state index in [9.17, 15) is 24.3 Å². The number of carbonyl (C=O) groups is 4. The van der Waals surface area contributed by atoms with Crippen LogP contribution in [0.15, 0.2) is 34.2 Å². The number of hydrogen-bond donors (Lipinski definition) is 1. The van der Waals surface area contributed by atoms with Crippen LogP contribution in [0.5, 0.6) is 0 Å². The average molecular weight is 515 g/mol. The lowest BCUT2D eigenvalue weighted by Gasteiger charge is -2.53. The molecule has 1 aromatic heterocycles. The highest BCUT2D eigenvalue weighted by Crippen LogP contribution is 2.71. The van der Waals surface area contributed by atoms with Gasteiger partial charge in [0.1, 0.15) is 11.9 Å². The first-order chi connectivity index (χ1) is 17.3. The van der Waals surface area contributed by atoms with Crippen LogP contribution in [0.1, 0.15) is 58.6 Å². The number of aliphatic hydroxyl groups excluding tert-OH is 1. The fraction of sp³-hybridized carbons (Fsp3) is 0.643. The normalized spacial score (nSPS) is 38.1. The number of rotatable bonds is 4. The van der Waals surface area contributed by atoms with Gasteiger partial charge in [0.15, 0.2) is 5.92 Å². The van der Waals surface area contributed by atoms with Crippen LogP contribution in [-0.4, -0.2) is 49.1 Å². The summed E-state index contributed by atoms with van der Waals surface area (Å²) < 4.78 is 21.1. The summed E-state index contributed by atoms with van der Waals surface area (Å²) in [5.41, 5.74) is -0.460. The quantitative estimate of drug-likeness (QED) is 0.279. The van der Waals surface area contributed by atoms with Gasteiger partial charge < -0.3 is 23.7 Å². The molecule has 3 fully saturated rings. The third kappa shape index (κ3) is 3.19. The molecule has 2 heterocycles. The molecule has 5 rings (SSSR count). The summed E-state index contributed by atoms with van der Waals surface area (Å²) in [6, 6.07) is 1.77. The summed E-state index contributed by atoms with van der Waals surface area (Å²) in [6.07, 6.45) is 2.52. The molecule has 3 aliphatic carbocycles. The van der Waals surface area contributed by atoms with Gasteiger partial charge in [0.05, 0.1) is 45.2 Å². The molecular weight excluding hydrogens is 480 g/mol. The first-order valence-corrected chi connectivity index (χ1v) is 12.7. The van der Waals surface area contributed by atoms with Crippen molar-refractivity contribution in [2.45, 2.75) is 59.2 Å². The summed E-state index contributed by atoms with van der Waals surface area (Å²) in [6.45, 7) is 7.40. The van der Waals surface area contributed by atoms with Crippen molar-refractivity contribution in [1.82, 2.24) is 0 Å². The Balaban J connectivity index is 1.74. The molecular formula is C28H34O9. The molecule has 37 heavy (non-hydrogen) atoms. The van der Waals surface area contributed by atoms with E-state index < -0.39 is 64.1 Å². The highest BCUT2D eigenvalue weighted by molar-refractivity contribution is 6.01. The molecule has 9 heteroatoms. The first-order valence-electron chi connectivity index (χ1n) is 12.7. The van der Waals surface area contributed by atoms with Gasteiger partial charge in [-0.25, -0.2) is 0 Å². The third-order valence-electron chi connectivity index (χ3n) is 10.0. The zero-order valence-electron chi connectivity index (χ0n) is 22.0. The summed E-state index contributed by atoms with van der Waals surface area (Å²) in [4.78, 5) is 53.1. The topological polar surface area (TPSA) is 129 Å². The van der Waals surface area contributed by atoms with Crippen LogP contribution in [0, 0.1) is 39.9 Å². The molecule has 1 saturated heterocycles. The Labute approximate surface area is 215 Å². The largest absolute Gasteiger partial charge is 0.472 e. The van der Waals surface area contributed by atoms with E-state index in [1.807, 2.05) is 6.92 Å². The molecule has 4 aliphatic rings. The monoisotopic (exact) mass is 514 g/mol. The Morgan fingerprint density at radius 2 is 1.76 bits per heavy atom. The zero-order valence-corrected chi connectivity index (χ0v) is 22.0. The maximum Gasteiger partial charge on any atom is 0.320 e. The van der Waals surface area contributed by atoms with Crippen molar-refractivity contribution >= 4 is 23.7 Å². The summed E-state index contributed by atoms with van der Waals surface area (Å²) in [5, 5.41) is 11.8. The molecule has 1 aliphatic heterocycles. The second-order valence-electron chi connectivity index (χ2n) is 11.9. The fourth-order valence-corrected chi connectivity index (χ4v) is 8.33. The molecule has 2 bridgehead atoms. The van der Waals surface area contributed by atoms with E-state index in [4.69, 9.17) is 18.6 Å². The molecule has 1 N–H and O–H groups in total. The predicted octanol–water partition coefficient (Wildman–Crippen LogP) is 3.16. The smallest absolute Gasteiger partial charge is 0.320 e. The number of ketones is 1. The summed E-state index contributed by atoms with van der Waals surface area (Å²) >= 11 is 0. The van der Waals surface area contributed by atoms with E-state index in [-0.39, 0.29) is 18.1 Å². The Bertz CT molecular complexity index is 1180. The second-order valence-corrected chi connectivity index (χ2v) is 11.9. The van der Waals surface area contributed by atoms with Gasteiger partial charge in [-0.3, -0.25) is 19.2 Å². The standard InChI is InChI=1S/C28H34O9/c1-26(2)20(19(24(32)34-5)25(33)35-6)28(4)14-7-9-27(3)15(17(14)18(21(26)30)22(28)31)11-16(29)37-23(27)13-8-10-36-12-13/h8,10,12,14,18-21,23,30H,7,9,11H2,1-6H3. The highest BCUT2D eigenvalue weighted by atomic mass is 16.6. The van der Waals surface area contributed by atoms with Gasteiger partial charge >= 0.3 is 17.9 Å². The van der Waals surface area contributed by atoms with E-state index >= 15 is 0 Å². The number of aliphatic hydroxyl groups is 1. The molecule has 7 atom stereocenters. The number of carbonyl (C=O) groups excluding carboxylic acids is 4. The Morgan fingerprint density at radius 1 is 1.11 bits per heavy atom. The van der Waals surface area contributed by atoms with E-state index in [2.05, 4.69) is 0 Å². The number of fused-ring (bicyclic) bond motifs is 6. The van der Waals surface area contributed by atoms with Crippen molar-refractivity contribution in [3.63, 3.8) is 0 Å². The van der Waals surface area contributed by atoms with Crippen molar-refractivity contribution in [3.8, 4) is 0 Å². The molecule has 0 radical (unpaired) electrons. The molecule has 0 aromatic carbocycles. The minimum Gasteiger partial charge on any atom is -0.472 e. The number of methoxy groups -OCH3 is 2. The lowest BCUT2D eigenvalue weighted by atomic mass is 9.49. The Morgan fingerprint density at radius 3 is 2.32 bits per heavy atom. The molecule has 7 unspecified atom stereocenters. The second kappa shape index (κ2) is 8.28. The third-order valence-corrected chi connectivity index (χ3v) is 10.0. The zero-order chi connectivity index (χ0) is 27.1. The van der Waals surface area contributed by atoms with Crippen molar-refractivity contribution in [3.05, 3.63) is 35.3 Å². The van der Waals surface area contributed by atoms with E-state index in [1.54, 1.807) is 33.1 Å². The predicted molar refractivity (Wildman–Crippen MR) is 127 cm³/mol. The Kier molecular flexibility index (Phi) is 5.75. The first kappa shape index (κ1) is 25.7. The lowest BCUT2D eigenvalue weighted by Crippen LogP contribution is -2.61. The fourth-order valence-electron chi connectivity index (χ4n) is 8.33. The van der Waals surface area contributed by atoms with Crippen molar-refractivity contribution < 1.29 is 42.9 Å². The number of Topliss-reactive ketones (excluding diaryl/α,β-unsaturated/α-hetero) is 1. The molecule has 2 saturated carbocycles. The van der Waals surface area contributed by atoms with E-state index in [1.165, 1.54) is 20.5 Å². The summed E-state index contributed by atoms with van der Waals surface area (Å²) in [5.74, 6) is -5.69. The molecule has 200 valence electrons. The molecule has 0 amide bonds. The highest BCUT2D eigenvalue weighted by Gasteiger charge is 2.74. The van der Waals surface area contributed by atoms with Gasteiger partial charge in [0.2, 0.25) is 0 Å². The minimum atomic E-state index is -1.39. The molecule has 1 aromatic rings. The van der Waals surface area contributed by atoms with Crippen molar-refractivity contribution in [1.29, 1.82) is 0 Å². The molecule has 0 spiro atoms. The SMILES string of the molecule is COC(=O)C(C(=O)OC)C1C(C)(C)C(O)C2C(=O)C1(C)C1CCC3(C)C(=C21)CC(=O)OC3c1ccoc1. The van der Waals surface area contributed by atoms with Gasteiger partial charge in [0.25, 0.3) is 0 Å². The van der Waals surface area contributed by atoms with Crippen LogP contribution < -0.4 is 0 Å². The van der Waals surface area contributed by atoms with Crippen LogP contribution >= 0.6 is 0 Å². The van der Waals surface area contributed by atoms with Gasteiger partial charge in [-0.2, -0.15) is 0 Å². The minimum absolute atomic E-state index is 0.0196. The van der Waals surface area contributed by atoms with Crippen LogP contribution in [0.25, 0.3) is 0 Å². The van der Waals surface area contributed by atoms with Crippen LogP contribution in [0.2, 0.25) is 0 Å². The average Bonchev–Trinajstić information content (AvgIpc) is 3.45. The van der Waals surface area contributed by atoms with E-state index in [0.29, 0.717) is 12.8 Å². The van der Waals surface area contributed by atoms with Crippen molar-refractivity contribution in [2.24, 2.45) is 39.9 Å². The van der Waals surface area contributed by atoms with Gasteiger partial charge in [-0.05, 0) is 35.8 Å². The van der Waals surface area contributed by atoms with Crippen LogP contribution in [0.4, 0.5) is 0 Å². The lowest BCUT2D eigenvalue weighted by molar-refractivity contribution is -0.183.